The van der Waals surface area contributed by atoms with Gasteiger partial charge in [0.15, 0.2) is 6.10 Å². The van der Waals surface area contributed by atoms with Crippen LogP contribution < -0.4 is 5.32 Å². The smallest absolute Gasteiger partial charge is 0.332 e. The lowest BCUT2D eigenvalue weighted by Gasteiger charge is -2.13. The van der Waals surface area contributed by atoms with Crippen molar-refractivity contribution in [1.82, 2.24) is 4.98 Å². The maximum Gasteiger partial charge on any atom is 0.332 e. The van der Waals surface area contributed by atoms with Crippen LogP contribution in [0.4, 0.5) is 5.69 Å². The predicted octanol–water partition coefficient (Wildman–Crippen LogP) is 3.40. The zero-order valence-corrected chi connectivity index (χ0v) is 15.9. The van der Waals surface area contributed by atoms with Crippen molar-refractivity contribution in [2.75, 3.05) is 19.0 Å². The quantitative estimate of drug-likeness (QED) is 0.632. The van der Waals surface area contributed by atoms with Gasteiger partial charge in [-0.25, -0.2) is 9.78 Å². The summed E-state index contributed by atoms with van der Waals surface area (Å²) in [7, 11) is 1.39. The molecule has 0 saturated carbocycles. The van der Waals surface area contributed by atoms with E-state index in [1.54, 1.807) is 11.3 Å². The molecule has 0 bridgehead atoms. The SMILES string of the molecule is COCC(=O)O[C@H](C)C(=O)Nc1ccc(Cc2nc3ccccc3s2)cc1. The highest BCUT2D eigenvalue weighted by atomic mass is 32.1. The third kappa shape index (κ3) is 5.12. The molecule has 0 spiro atoms. The molecule has 1 atom stereocenters. The molecule has 1 amide bonds. The molecule has 3 aromatic rings. The van der Waals surface area contributed by atoms with Gasteiger partial charge < -0.3 is 14.8 Å². The van der Waals surface area contributed by atoms with Gasteiger partial charge in [-0.3, -0.25) is 4.79 Å². The Hall–Kier alpha value is -2.77. The standard InChI is InChI=1S/C20H20N2O4S/c1-13(26-19(23)12-25-2)20(24)21-15-9-7-14(8-10-15)11-18-22-16-5-3-4-6-17(16)27-18/h3-10,13H,11-12H2,1-2H3,(H,21,24)/t13-/m1/s1. The maximum atomic E-state index is 12.1. The number of benzene rings is 2. The van der Waals surface area contributed by atoms with Gasteiger partial charge in [0.1, 0.15) is 6.61 Å². The Morgan fingerprint density at radius 2 is 1.89 bits per heavy atom. The fraction of sp³-hybridized carbons (Fsp3) is 0.250. The number of hydrogen-bond acceptors (Lipinski definition) is 6. The summed E-state index contributed by atoms with van der Waals surface area (Å²) in [6.07, 6.45) is -0.159. The van der Waals surface area contributed by atoms with Crippen molar-refractivity contribution in [3.63, 3.8) is 0 Å². The van der Waals surface area contributed by atoms with Gasteiger partial charge in [-0.1, -0.05) is 24.3 Å². The number of thiazole rings is 1. The number of para-hydroxylation sites is 1. The number of aromatic nitrogens is 1. The second-order valence-electron chi connectivity index (χ2n) is 6.00. The molecule has 7 heteroatoms. The van der Waals surface area contributed by atoms with Crippen LogP contribution in [-0.2, 0) is 25.5 Å². The minimum absolute atomic E-state index is 0.182. The van der Waals surface area contributed by atoms with Crippen LogP contribution in [0.25, 0.3) is 10.2 Å². The first-order valence-electron chi connectivity index (χ1n) is 8.48. The first-order chi connectivity index (χ1) is 13.0. The van der Waals surface area contributed by atoms with E-state index in [2.05, 4.69) is 21.1 Å². The van der Waals surface area contributed by atoms with Crippen molar-refractivity contribution in [3.8, 4) is 0 Å². The van der Waals surface area contributed by atoms with Gasteiger partial charge in [0, 0.05) is 19.2 Å². The van der Waals surface area contributed by atoms with Gasteiger partial charge in [-0.05, 0) is 36.8 Å². The van der Waals surface area contributed by atoms with E-state index in [-0.39, 0.29) is 6.61 Å². The second-order valence-corrected chi connectivity index (χ2v) is 7.12. The number of ether oxygens (including phenoxy) is 2. The van der Waals surface area contributed by atoms with Gasteiger partial charge in [0.25, 0.3) is 5.91 Å². The first kappa shape index (κ1) is 19.0. The molecule has 0 saturated heterocycles. The van der Waals surface area contributed by atoms with Gasteiger partial charge in [0.05, 0.1) is 15.2 Å². The number of nitrogens with zero attached hydrogens (tertiary/aromatic N) is 1. The maximum absolute atomic E-state index is 12.1. The van der Waals surface area contributed by atoms with Crippen LogP contribution in [0, 0.1) is 0 Å². The zero-order valence-electron chi connectivity index (χ0n) is 15.1. The van der Waals surface area contributed by atoms with E-state index in [9.17, 15) is 9.59 Å². The number of anilines is 1. The molecule has 2 aromatic carbocycles. The number of esters is 1. The van der Waals surface area contributed by atoms with Gasteiger partial charge in [0.2, 0.25) is 0 Å². The highest BCUT2D eigenvalue weighted by molar-refractivity contribution is 7.18. The number of carbonyl (C=O) groups excluding carboxylic acids is 2. The summed E-state index contributed by atoms with van der Waals surface area (Å²) in [5.41, 5.74) is 2.76. The third-order valence-electron chi connectivity index (χ3n) is 3.85. The summed E-state index contributed by atoms with van der Waals surface area (Å²) >= 11 is 1.68. The van der Waals surface area contributed by atoms with Crippen LogP contribution in [0.15, 0.2) is 48.5 Å². The van der Waals surface area contributed by atoms with Crippen molar-refractivity contribution >= 4 is 39.1 Å². The normalized spacial score (nSPS) is 11.9. The largest absolute Gasteiger partial charge is 0.451 e. The van der Waals surface area contributed by atoms with Crippen LogP contribution in [-0.4, -0.2) is 36.7 Å². The fourth-order valence-electron chi connectivity index (χ4n) is 2.52. The number of rotatable bonds is 7. The molecule has 27 heavy (non-hydrogen) atoms. The molecule has 0 fully saturated rings. The average molecular weight is 384 g/mol. The van der Waals surface area contributed by atoms with Gasteiger partial charge >= 0.3 is 5.97 Å². The van der Waals surface area contributed by atoms with Crippen LogP contribution in [0.1, 0.15) is 17.5 Å². The zero-order chi connectivity index (χ0) is 19.2. The lowest BCUT2D eigenvalue weighted by Crippen LogP contribution is -2.31. The molecule has 3 rings (SSSR count). The first-order valence-corrected chi connectivity index (χ1v) is 9.29. The summed E-state index contributed by atoms with van der Waals surface area (Å²) in [5.74, 6) is -0.968. The highest BCUT2D eigenvalue weighted by Gasteiger charge is 2.17. The van der Waals surface area contributed by atoms with E-state index < -0.39 is 18.0 Å². The van der Waals surface area contributed by atoms with Crippen LogP contribution in [0.3, 0.4) is 0 Å². The van der Waals surface area contributed by atoms with E-state index in [1.807, 2.05) is 42.5 Å². The fourth-order valence-corrected chi connectivity index (χ4v) is 3.52. The highest BCUT2D eigenvalue weighted by Crippen LogP contribution is 2.24. The monoisotopic (exact) mass is 384 g/mol. The summed E-state index contributed by atoms with van der Waals surface area (Å²) in [6.45, 7) is 1.34. The number of methoxy groups -OCH3 is 1. The molecule has 0 aliphatic heterocycles. The van der Waals surface area contributed by atoms with Crippen molar-refractivity contribution in [3.05, 3.63) is 59.1 Å². The molecule has 1 N–H and O–H groups in total. The lowest BCUT2D eigenvalue weighted by atomic mass is 10.1. The van der Waals surface area contributed by atoms with Crippen molar-refractivity contribution < 1.29 is 19.1 Å². The Kier molecular flexibility index (Phi) is 6.16. The van der Waals surface area contributed by atoms with Crippen LogP contribution in [0.2, 0.25) is 0 Å². The van der Waals surface area contributed by atoms with E-state index >= 15 is 0 Å². The number of fused-ring (bicyclic) bond motifs is 1. The minimum atomic E-state index is -0.893. The van der Waals surface area contributed by atoms with Gasteiger partial charge in [-0.15, -0.1) is 11.3 Å². The molecular formula is C20H20N2O4S. The Morgan fingerprint density at radius 3 is 2.59 bits per heavy atom. The summed E-state index contributed by atoms with van der Waals surface area (Å²) < 4.78 is 10.8. The molecule has 6 nitrogen and oxygen atoms in total. The average Bonchev–Trinajstić information content (AvgIpc) is 3.05. The number of hydrogen-bond donors (Lipinski definition) is 1. The third-order valence-corrected chi connectivity index (χ3v) is 4.89. The Labute approximate surface area is 161 Å². The minimum Gasteiger partial charge on any atom is -0.451 e. The predicted molar refractivity (Wildman–Crippen MR) is 105 cm³/mol. The Bertz CT molecular complexity index is 904. The van der Waals surface area contributed by atoms with E-state index in [4.69, 9.17) is 4.74 Å². The molecule has 0 unspecified atom stereocenters. The van der Waals surface area contributed by atoms with Crippen molar-refractivity contribution in [2.45, 2.75) is 19.4 Å². The second kappa shape index (κ2) is 8.75. The number of carbonyl (C=O) groups is 2. The molecule has 0 radical (unpaired) electrons. The Balaban J connectivity index is 1.58. The van der Waals surface area contributed by atoms with Crippen molar-refractivity contribution in [1.29, 1.82) is 0 Å². The number of nitrogens with one attached hydrogen (secondary N) is 1. The van der Waals surface area contributed by atoms with Crippen LogP contribution in [0.5, 0.6) is 0 Å². The molecule has 140 valence electrons. The summed E-state index contributed by atoms with van der Waals surface area (Å²) in [6, 6.07) is 15.6. The molecule has 1 heterocycles. The molecule has 0 aliphatic carbocycles. The van der Waals surface area contributed by atoms with E-state index in [0.717, 1.165) is 22.5 Å². The number of amides is 1. The summed E-state index contributed by atoms with van der Waals surface area (Å²) in [5, 5.41) is 3.78. The summed E-state index contributed by atoms with van der Waals surface area (Å²) in [4.78, 5) is 28.1. The lowest BCUT2D eigenvalue weighted by molar-refractivity contribution is -0.156. The van der Waals surface area contributed by atoms with Gasteiger partial charge in [-0.2, -0.15) is 0 Å². The molecular weight excluding hydrogens is 364 g/mol. The van der Waals surface area contributed by atoms with E-state index in [1.165, 1.54) is 18.7 Å². The molecule has 1 aromatic heterocycles. The Morgan fingerprint density at radius 1 is 1.15 bits per heavy atom. The van der Waals surface area contributed by atoms with Crippen LogP contribution >= 0.6 is 11.3 Å². The topological polar surface area (TPSA) is 77.5 Å². The molecule has 0 aliphatic rings. The van der Waals surface area contributed by atoms with Crippen molar-refractivity contribution in [2.24, 2.45) is 0 Å². The van der Waals surface area contributed by atoms with E-state index in [0.29, 0.717) is 5.69 Å².